The van der Waals surface area contributed by atoms with Crippen LogP contribution in [-0.4, -0.2) is 29.9 Å². The molecule has 0 unspecified atom stereocenters. The number of ether oxygens (including phenoxy) is 1. The summed E-state index contributed by atoms with van der Waals surface area (Å²) in [7, 11) is 1.61. The summed E-state index contributed by atoms with van der Waals surface area (Å²) >= 11 is 12.4. The van der Waals surface area contributed by atoms with Crippen LogP contribution in [0.1, 0.15) is 28.7 Å². The van der Waals surface area contributed by atoms with Crippen LogP contribution < -0.4 is 10.1 Å². The largest absolute Gasteiger partial charge is 0.497 e. The van der Waals surface area contributed by atoms with E-state index >= 15 is 0 Å². The van der Waals surface area contributed by atoms with Crippen molar-refractivity contribution in [1.82, 2.24) is 10.2 Å². The van der Waals surface area contributed by atoms with Gasteiger partial charge in [-0.3, -0.25) is 9.59 Å². The Kier molecular flexibility index (Phi) is 10.6. The topological polar surface area (TPSA) is 58.6 Å². The van der Waals surface area contributed by atoms with Gasteiger partial charge in [0, 0.05) is 36.0 Å². The van der Waals surface area contributed by atoms with Crippen molar-refractivity contribution in [3.63, 3.8) is 0 Å². The number of hydrogen-bond acceptors (Lipinski definition) is 3. The smallest absolute Gasteiger partial charge is 0.243 e. The Hall–Kier alpha value is -3.80. The number of methoxy groups -OCH3 is 1. The van der Waals surface area contributed by atoms with Gasteiger partial charge in [0.15, 0.2) is 0 Å². The van der Waals surface area contributed by atoms with Crippen molar-refractivity contribution in [2.45, 2.75) is 38.4 Å². The first-order chi connectivity index (χ1) is 19.4. The lowest BCUT2D eigenvalue weighted by atomic mass is 10.0. The molecule has 4 rings (SSSR count). The zero-order chi connectivity index (χ0) is 28.3. The van der Waals surface area contributed by atoms with E-state index in [0.717, 1.165) is 28.0 Å². The Morgan fingerprint density at radius 3 is 2.10 bits per heavy atom. The first-order valence-electron chi connectivity index (χ1n) is 13.1. The highest BCUT2D eigenvalue weighted by Crippen LogP contribution is 2.22. The Balaban J connectivity index is 1.62. The minimum absolute atomic E-state index is 0.0970. The van der Waals surface area contributed by atoms with Crippen molar-refractivity contribution >= 4 is 35.0 Å². The van der Waals surface area contributed by atoms with Gasteiger partial charge in [-0.05, 0) is 52.9 Å². The predicted octanol–water partition coefficient (Wildman–Crippen LogP) is 6.89. The van der Waals surface area contributed by atoms with Crippen LogP contribution in [0, 0.1) is 0 Å². The molecule has 0 saturated heterocycles. The van der Waals surface area contributed by atoms with Crippen LogP contribution >= 0.6 is 23.2 Å². The summed E-state index contributed by atoms with van der Waals surface area (Å²) in [6, 6.07) is 31.6. The molecule has 0 aliphatic carbocycles. The highest BCUT2D eigenvalue weighted by atomic mass is 35.5. The summed E-state index contributed by atoms with van der Waals surface area (Å²) in [6.07, 6.45) is 1.23. The molecule has 40 heavy (non-hydrogen) atoms. The lowest BCUT2D eigenvalue weighted by Crippen LogP contribution is -2.50. The number of benzene rings is 4. The third-order valence-corrected chi connectivity index (χ3v) is 7.31. The molecule has 4 aromatic carbocycles. The zero-order valence-corrected chi connectivity index (χ0v) is 23.9. The summed E-state index contributed by atoms with van der Waals surface area (Å²) in [6.45, 7) is 0.499. The summed E-state index contributed by atoms with van der Waals surface area (Å²) in [4.78, 5) is 29.3. The van der Waals surface area contributed by atoms with Crippen molar-refractivity contribution < 1.29 is 14.3 Å². The summed E-state index contributed by atoms with van der Waals surface area (Å²) in [5.41, 5.74) is 3.68. The molecule has 7 heteroatoms. The third kappa shape index (κ3) is 8.35. The van der Waals surface area contributed by atoms with Gasteiger partial charge < -0.3 is 15.0 Å². The molecule has 1 N–H and O–H groups in total. The highest BCUT2D eigenvalue weighted by molar-refractivity contribution is 6.35. The lowest BCUT2D eigenvalue weighted by Gasteiger charge is -2.32. The van der Waals surface area contributed by atoms with Gasteiger partial charge >= 0.3 is 0 Å². The van der Waals surface area contributed by atoms with Crippen LogP contribution in [0.3, 0.4) is 0 Å². The summed E-state index contributed by atoms with van der Waals surface area (Å²) < 4.78 is 5.30. The highest BCUT2D eigenvalue weighted by Gasteiger charge is 2.30. The van der Waals surface area contributed by atoms with Crippen LogP contribution in [0.5, 0.6) is 5.75 Å². The average Bonchev–Trinajstić information content (AvgIpc) is 2.98. The minimum atomic E-state index is -0.737. The molecular formula is C33H32Cl2N2O3. The monoisotopic (exact) mass is 574 g/mol. The molecule has 0 aromatic heterocycles. The van der Waals surface area contributed by atoms with E-state index in [2.05, 4.69) is 5.32 Å². The first-order valence-corrected chi connectivity index (χ1v) is 13.9. The number of nitrogens with one attached hydrogen (secondary N) is 1. The van der Waals surface area contributed by atoms with Gasteiger partial charge in [0.2, 0.25) is 11.8 Å². The second kappa shape index (κ2) is 14.5. The first kappa shape index (κ1) is 29.2. The van der Waals surface area contributed by atoms with Crippen molar-refractivity contribution in [2.24, 2.45) is 0 Å². The summed E-state index contributed by atoms with van der Waals surface area (Å²) in [5, 5.41) is 4.01. The van der Waals surface area contributed by atoms with E-state index in [1.54, 1.807) is 30.2 Å². The number of aryl methyl sites for hydroxylation is 1. The van der Waals surface area contributed by atoms with Gasteiger partial charge in [-0.15, -0.1) is 0 Å². The number of carbonyl (C=O) groups excluding carboxylic acids is 2. The third-order valence-electron chi connectivity index (χ3n) is 6.72. The summed E-state index contributed by atoms with van der Waals surface area (Å²) in [5.74, 6) is 0.376. The Bertz CT molecular complexity index is 1400. The van der Waals surface area contributed by atoms with E-state index < -0.39 is 6.04 Å². The van der Waals surface area contributed by atoms with E-state index in [9.17, 15) is 9.59 Å². The maximum atomic E-state index is 13.8. The number of nitrogens with zero attached hydrogens (tertiary/aromatic N) is 1. The fourth-order valence-electron chi connectivity index (χ4n) is 4.49. The number of amides is 2. The van der Waals surface area contributed by atoms with Crippen molar-refractivity contribution in [3.8, 4) is 5.75 Å². The van der Waals surface area contributed by atoms with Crippen molar-refractivity contribution in [2.75, 3.05) is 7.11 Å². The second-order valence-corrected chi connectivity index (χ2v) is 10.4. The van der Waals surface area contributed by atoms with Crippen LogP contribution in [0.2, 0.25) is 10.0 Å². The molecule has 1 atom stereocenters. The molecule has 0 aliphatic rings. The molecule has 5 nitrogen and oxygen atoms in total. The van der Waals surface area contributed by atoms with Gasteiger partial charge in [0.1, 0.15) is 11.8 Å². The van der Waals surface area contributed by atoms with E-state index in [1.165, 1.54) is 0 Å². The number of rotatable bonds is 12. The fraction of sp³-hybridized carbons (Fsp3) is 0.212. The standard InChI is InChI=1S/C33H32Cl2N2O3/c1-40-29-17-12-26(13-18-29)23-37(32(38)19-14-24-8-4-2-5-9-24)31(20-25-10-6-3-7-11-25)33(39)36-22-27-15-16-28(34)21-30(27)35/h2-13,15-18,21,31H,14,19-20,22-23H2,1H3,(H,36,39)/t31-/m1/s1. The van der Waals surface area contributed by atoms with Crippen LogP contribution in [0.25, 0.3) is 0 Å². The SMILES string of the molecule is COc1ccc(CN(C(=O)CCc2ccccc2)[C@H](Cc2ccccc2)C(=O)NCc2ccc(Cl)cc2Cl)cc1. The van der Waals surface area contributed by atoms with E-state index in [4.69, 9.17) is 27.9 Å². The predicted molar refractivity (Wildman–Crippen MR) is 161 cm³/mol. The zero-order valence-electron chi connectivity index (χ0n) is 22.4. The van der Waals surface area contributed by atoms with Gasteiger partial charge in [-0.2, -0.15) is 0 Å². The maximum Gasteiger partial charge on any atom is 0.243 e. The molecule has 2 amide bonds. The van der Waals surface area contributed by atoms with Crippen LogP contribution in [0.15, 0.2) is 103 Å². The molecule has 0 heterocycles. The van der Waals surface area contributed by atoms with Crippen LogP contribution in [0.4, 0.5) is 0 Å². The molecule has 0 fully saturated rings. The van der Waals surface area contributed by atoms with E-state index in [0.29, 0.717) is 22.9 Å². The second-order valence-electron chi connectivity index (χ2n) is 9.51. The van der Waals surface area contributed by atoms with E-state index in [-0.39, 0.29) is 31.3 Å². The molecule has 0 bridgehead atoms. The molecule has 0 aliphatic heterocycles. The Labute approximate surface area is 245 Å². The minimum Gasteiger partial charge on any atom is -0.497 e. The van der Waals surface area contributed by atoms with Crippen molar-refractivity contribution in [1.29, 1.82) is 0 Å². The van der Waals surface area contributed by atoms with Gasteiger partial charge in [-0.25, -0.2) is 0 Å². The molecule has 0 radical (unpaired) electrons. The average molecular weight is 576 g/mol. The van der Waals surface area contributed by atoms with Crippen LogP contribution in [-0.2, 0) is 35.5 Å². The van der Waals surface area contributed by atoms with Gasteiger partial charge in [0.05, 0.1) is 7.11 Å². The molecule has 206 valence electrons. The quantitative estimate of drug-likeness (QED) is 0.200. The molecule has 0 saturated carbocycles. The lowest BCUT2D eigenvalue weighted by molar-refractivity contribution is -0.141. The Morgan fingerprint density at radius 1 is 0.825 bits per heavy atom. The van der Waals surface area contributed by atoms with Gasteiger partial charge in [0.25, 0.3) is 0 Å². The normalized spacial score (nSPS) is 11.5. The number of carbonyl (C=O) groups is 2. The number of hydrogen-bond donors (Lipinski definition) is 1. The maximum absolute atomic E-state index is 13.8. The fourth-order valence-corrected chi connectivity index (χ4v) is 4.96. The molecule has 4 aromatic rings. The van der Waals surface area contributed by atoms with Crippen molar-refractivity contribution in [3.05, 3.63) is 135 Å². The molecule has 0 spiro atoms. The number of halogens is 2. The van der Waals surface area contributed by atoms with Gasteiger partial charge in [-0.1, -0.05) is 102 Å². The molecular weight excluding hydrogens is 543 g/mol. The Morgan fingerprint density at radius 2 is 1.48 bits per heavy atom. The van der Waals surface area contributed by atoms with E-state index in [1.807, 2.05) is 84.9 Å².